The number of fused-ring (bicyclic) bond motifs is 1. The molecule has 3 N–H and O–H groups in total. The number of nitrogens with two attached hydrogens (primary N) is 1. The number of aryl methyl sites for hydroxylation is 2. The highest BCUT2D eigenvalue weighted by Gasteiger charge is 2.17. The molecule has 3 rings (SSSR count). The molecule has 0 saturated carbocycles. The first kappa shape index (κ1) is 13.2. The van der Waals surface area contributed by atoms with Crippen LogP contribution in [0.25, 0.3) is 0 Å². The molecule has 1 aliphatic heterocycles. The molecule has 2 aromatic rings. The van der Waals surface area contributed by atoms with Crippen molar-refractivity contribution in [1.82, 2.24) is 4.98 Å². The van der Waals surface area contributed by atoms with Gasteiger partial charge < -0.3 is 19.9 Å². The third-order valence-corrected chi connectivity index (χ3v) is 3.13. The van der Waals surface area contributed by atoms with E-state index < -0.39 is 0 Å². The Kier molecular flexibility index (Phi) is 3.13. The zero-order valence-electron chi connectivity index (χ0n) is 11.8. The molecule has 0 aliphatic carbocycles. The van der Waals surface area contributed by atoms with Crippen molar-refractivity contribution in [3.63, 3.8) is 0 Å². The monoisotopic (exact) mass is 285 g/mol. The van der Waals surface area contributed by atoms with Crippen LogP contribution in [-0.4, -0.2) is 17.6 Å². The third-order valence-electron chi connectivity index (χ3n) is 3.13. The van der Waals surface area contributed by atoms with E-state index in [1.165, 1.54) is 0 Å². The molecule has 6 nitrogen and oxygen atoms in total. The molecule has 1 aromatic carbocycles. The molecule has 108 valence electrons. The molecule has 21 heavy (non-hydrogen) atoms. The highest BCUT2D eigenvalue weighted by molar-refractivity contribution is 5.98. The second-order valence-corrected chi connectivity index (χ2v) is 4.75. The predicted octanol–water partition coefficient (Wildman–Crippen LogP) is 2.50. The minimum atomic E-state index is -0.0734. The van der Waals surface area contributed by atoms with Crippen molar-refractivity contribution in [3.05, 3.63) is 41.2 Å². The number of pyridine rings is 1. The van der Waals surface area contributed by atoms with Gasteiger partial charge in [0.2, 0.25) is 6.79 Å². The molecule has 0 amide bonds. The van der Waals surface area contributed by atoms with Crippen molar-refractivity contribution >= 4 is 5.84 Å². The highest BCUT2D eigenvalue weighted by atomic mass is 16.7. The summed E-state index contributed by atoms with van der Waals surface area (Å²) in [5.41, 5.74) is 7.59. The fraction of sp³-hybridized carbons (Fsp3) is 0.200. The molecule has 1 aliphatic rings. The van der Waals surface area contributed by atoms with Crippen molar-refractivity contribution in [2.75, 3.05) is 6.79 Å². The number of hydrogen-bond donors (Lipinski definition) is 2. The highest BCUT2D eigenvalue weighted by Crippen LogP contribution is 2.37. The van der Waals surface area contributed by atoms with Crippen molar-refractivity contribution in [3.8, 4) is 23.0 Å². The quantitative estimate of drug-likeness (QED) is 0.668. The fourth-order valence-corrected chi connectivity index (χ4v) is 2.27. The van der Waals surface area contributed by atoms with Gasteiger partial charge in [0.15, 0.2) is 11.5 Å². The first-order valence-electron chi connectivity index (χ1n) is 6.45. The van der Waals surface area contributed by atoms with E-state index in [1.54, 1.807) is 31.2 Å². The van der Waals surface area contributed by atoms with Gasteiger partial charge in [0, 0.05) is 17.8 Å². The maximum Gasteiger partial charge on any atom is 0.231 e. The number of rotatable bonds is 3. The number of aromatic nitrogens is 1. The second kappa shape index (κ2) is 4.97. The van der Waals surface area contributed by atoms with Gasteiger partial charge >= 0.3 is 0 Å². The number of benzene rings is 1. The van der Waals surface area contributed by atoms with Crippen LogP contribution in [0.1, 0.15) is 17.0 Å². The van der Waals surface area contributed by atoms with Crippen molar-refractivity contribution in [2.24, 2.45) is 5.73 Å². The van der Waals surface area contributed by atoms with Crippen LogP contribution in [0.4, 0.5) is 0 Å². The number of ether oxygens (including phenoxy) is 3. The Balaban J connectivity index is 1.99. The summed E-state index contributed by atoms with van der Waals surface area (Å²) in [6, 6.07) is 7.07. The summed E-state index contributed by atoms with van der Waals surface area (Å²) in [4.78, 5) is 4.31. The van der Waals surface area contributed by atoms with Crippen LogP contribution in [0.15, 0.2) is 24.3 Å². The second-order valence-electron chi connectivity index (χ2n) is 4.75. The molecule has 1 aromatic heterocycles. The molecule has 0 spiro atoms. The molecule has 0 bridgehead atoms. The summed E-state index contributed by atoms with van der Waals surface area (Å²) in [5, 5.41) is 7.69. The summed E-state index contributed by atoms with van der Waals surface area (Å²) in [7, 11) is 0. The van der Waals surface area contributed by atoms with E-state index in [-0.39, 0.29) is 12.6 Å². The lowest BCUT2D eigenvalue weighted by Gasteiger charge is -2.13. The van der Waals surface area contributed by atoms with E-state index in [0.29, 0.717) is 34.3 Å². The predicted molar refractivity (Wildman–Crippen MR) is 77.4 cm³/mol. The summed E-state index contributed by atoms with van der Waals surface area (Å²) in [6.07, 6.45) is 0. The Hall–Kier alpha value is -2.76. The Labute approximate surface area is 122 Å². The first-order valence-corrected chi connectivity index (χ1v) is 6.45. The minimum Gasteiger partial charge on any atom is -0.456 e. The van der Waals surface area contributed by atoms with Gasteiger partial charge in [-0.05, 0) is 26.0 Å². The van der Waals surface area contributed by atoms with Crippen LogP contribution in [-0.2, 0) is 0 Å². The lowest BCUT2D eigenvalue weighted by Crippen LogP contribution is -2.15. The van der Waals surface area contributed by atoms with Crippen molar-refractivity contribution in [1.29, 1.82) is 5.41 Å². The summed E-state index contributed by atoms with van der Waals surface area (Å²) in [6.45, 7) is 3.88. The molecule has 0 atom stereocenters. The van der Waals surface area contributed by atoms with Crippen LogP contribution in [0.3, 0.4) is 0 Å². The molecule has 2 heterocycles. The van der Waals surface area contributed by atoms with Gasteiger partial charge in [0.05, 0.1) is 11.3 Å². The molecule has 0 unspecified atom stereocenters. The van der Waals surface area contributed by atoms with E-state index in [4.69, 9.17) is 25.4 Å². The van der Waals surface area contributed by atoms with Gasteiger partial charge in [-0.1, -0.05) is 0 Å². The van der Waals surface area contributed by atoms with E-state index in [0.717, 1.165) is 5.69 Å². The number of nitrogens with zero attached hydrogens (tertiary/aromatic N) is 1. The zero-order valence-corrected chi connectivity index (χ0v) is 11.8. The number of nitrogen functional groups attached to an aromatic ring is 1. The fourth-order valence-electron chi connectivity index (χ4n) is 2.27. The van der Waals surface area contributed by atoms with Crippen LogP contribution < -0.4 is 19.9 Å². The molecule has 0 fully saturated rings. The van der Waals surface area contributed by atoms with Gasteiger partial charge in [0.1, 0.15) is 17.3 Å². The number of amidine groups is 1. The Morgan fingerprint density at radius 3 is 2.76 bits per heavy atom. The minimum absolute atomic E-state index is 0.0734. The van der Waals surface area contributed by atoms with Gasteiger partial charge in [-0.3, -0.25) is 10.4 Å². The molecule has 0 saturated heterocycles. The average Bonchev–Trinajstić information content (AvgIpc) is 2.84. The van der Waals surface area contributed by atoms with E-state index in [2.05, 4.69) is 4.98 Å². The average molecular weight is 285 g/mol. The standard InChI is InChI=1S/C15H15N3O3/c1-8-5-13(14(15(16)17)9(2)18-8)21-10-3-4-11-12(6-10)20-7-19-11/h3-6H,7H2,1-2H3,(H3,16,17). The van der Waals surface area contributed by atoms with Gasteiger partial charge in [-0.25, -0.2) is 0 Å². The van der Waals surface area contributed by atoms with Crippen LogP contribution in [0.5, 0.6) is 23.0 Å². The van der Waals surface area contributed by atoms with Gasteiger partial charge in [0.25, 0.3) is 0 Å². The molecular formula is C15H15N3O3. The number of hydrogen-bond acceptors (Lipinski definition) is 5. The van der Waals surface area contributed by atoms with E-state index >= 15 is 0 Å². The van der Waals surface area contributed by atoms with Crippen LogP contribution >= 0.6 is 0 Å². The van der Waals surface area contributed by atoms with Gasteiger partial charge in [-0.15, -0.1) is 0 Å². The topological polar surface area (TPSA) is 90.5 Å². The van der Waals surface area contributed by atoms with Crippen LogP contribution in [0.2, 0.25) is 0 Å². The number of nitrogens with one attached hydrogen (secondary N) is 1. The van der Waals surface area contributed by atoms with E-state index in [1.807, 2.05) is 6.92 Å². The van der Waals surface area contributed by atoms with Gasteiger partial charge in [-0.2, -0.15) is 0 Å². The third kappa shape index (κ3) is 2.47. The Bertz CT molecular complexity index is 728. The molecule has 6 heteroatoms. The zero-order chi connectivity index (χ0) is 15.0. The summed E-state index contributed by atoms with van der Waals surface area (Å²) < 4.78 is 16.4. The lowest BCUT2D eigenvalue weighted by molar-refractivity contribution is 0.174. The maximum atomic E-state index is 7.69. The SMILES string of the molecule is Cc1cc(Oc2ccc3c(c2)OCO3)c(C(=N)N)c(C)n1. The molecular weight excluding hydrogens is 270 g/mol. The maximum absolute atomic E-state index is 7.69. The normalized spacial score (nSPS) is 12.3. The first-order chi connectivity index (χ1) is 10.0. The smallest absolute Gasteiger partial charge is 0.231 e. The van der Waals surface area contributed by atoms with Crippen LogP contribution in [0, 0.1) is 19.3 Å². The Morgan fingerprint density at radius 1 is 1.24 bits per heavy atom. The molecule has 0 radical (unpaired) electrons. The van der Waals surface area contributed by atoms with E-state index in [9.17, 15) is 0 Å². The lowest BCUT2D eigenvalue weighted by atomic mass is 10.1. The largest absolute Gasteiger partial charge is 0.456 e. The summed E-state index contributed by atoms with van der Waals surface area (Å²) >= 11 is 0. The van der Waals surface area contributed by atoms with Crippen molar-refractivity contribution < 1.29 is 14.2 Å². The summed E-state index contributed by atoms with van der Waals surface area (Å²) in [5.74, 6) is 2.35. The Morgan fingerprint density at radius 2 is 2.00 bits per heavy atom. The van der Waals surface area contributed by atoms with Crippen molar-refractivity contribution in [2.45, 2.75) is 13.8 Å².